The van der Waals surface area contributed by atoms with Crippen molar-refractivity contribution in [2.45, 2.75) is 25.8 Å². The lowest BCUT2D eigenvalue weighted by molar-refractivity contribution is 0.203. The van der Waals surface area contributed by atoms with Gasteiger partial charge in [-0.25, -0.2) is 4.79 Å². The molecule has 0 radical (unpaired) electrons. The van der Waals surface area contributed by atoms with Crippen LogP contribution in [0.25, 0.3) is 0 Å². The fraction of sp³-hybridized carbons (Fsp3) is 0.474. The number of amides is 1. The van der Waals surface area contributed by atoms with Crippen molar-refractivity contribution in [2.24, 2.45) is 11.8 Å². The van der Waals surface area contributed by atoms with Crippen molar-refractivity contribution < 1.29 is 4.79 Å². The Labute approximate surface area is 164 Å². The van der Waals surface area contributed by atoms with Gasteiger partial charge in [0.25, 0.3) is 0 Å². The van der Waals surface area contributed by atoms with Crippen LogP contribution in [0.15, 0.2) is 36.7 Å². The highest BCUT2D eigenvalue weighted by Gasteiger charge is 2.38. The first-order valence-corrected chi connectivity index (χ1v) is 9.71. The molecule has 1 aromatic carbocycles. The molecule has 2 aliphatic rings. The summed E-state index contributed by atoms with van der Waals surface area (Å²) in [6, 6.07) is 7.79. The van der Waals surface area contributed by atoms with E-state index in [-0.39, 0.29) is 6.03 Å². The van der Waals surface area contributed by atoms with Crippen molar-refractivity contribution in [3.63, 3.8) is 0 Å². The van der Waals surface area contributed by atoms with Gasteiger partial charge in [0.15, 0.2) is 0 Å². The van der Waals surface area contributed by atoms with Crippen molar-refractivity contribution in [3.8, 4) is 0 Å². The maximum atomic E-state index is 12.1. The number of aromatic nitrogens is 2. The number of likely N-dealkylation sites (tertiary alicyclic amines) is 1. The Kier molecular flexibility index (Phi) is 6.57. The molecule has 5 nitrogen and oxygen atoms in total. The van der Waals surface area contributed by atoms with Gasteiger partial charge in [-0.05, 0) is 49.4 Å². The molecule has 0 spiro atoms. The Balaban J connectivity index is 0.000000170. The average Bonchev–Trinajstić information content (AvgIpc) is 3.31. The number of halogens is 2. The molecular formula is C19H24Cl2N4O. The quantitative estimate of drug-likeness (QED) is 0.825. The second kappa shape index (κ2) is 8.89. The van der Waals surface area contributed by atoms with Crippen LogP contribution in [0.3, 0.4) is 0 Å². The van der Waals surface area contributed by atoms with Crippen LogP contribution in [-0.4, -0.2) is 40.8 Å². The maximum absolute atomic E-state index is 12.1. The summed E-state index contributed by atoms with van der Waals surface area (Å²) >= 11 is 11.5. The van der Waals surface area contributed by atoms with Gasteiger partial charge in [-0.15, -0.1) is 0 Å². The van der Waals surface area contributed by atoms with Gasteiger partial charge in [0, 0.05) is 24.7 Å². The number of fused-ring (bicyclic) bond motifs is 1. The Morgan fingerprint density at radius 1 is 1.23 bits per heavy atom. The van der Waals surface area contributed by atoms with Crippen LogP contribution >= 0.6 is 23.2 Å². The fourth-order valence-corrected chi connectivity index (χ4v) is 4.14. The van der Waals surface area contributed by atoms with Gasteiger partial charge in [-0.2, -0.15) is 9.78 Å². The van der Waals surface area contributed by atoms with Crippen LogP contribution < -0.4 is 5.32 Å². The van der Waals surface area contributed by atoms with Crippen LogP contribution in [0.4, 0.5) is 4.79 Å². The third-order valence-electron chi connectivity index (χ3n) is 5.01. The molecule has 2 heterocycles. The summed E-state index contributed by atoms with van der Waals surface area (Å²) in [7, 11) is 1.92. The van der Waals surface area contributed by atoms with Gasteiger partial charge >= 0.3 is 6.03 Å². The number of benzene rings is 1. The minimum absolute atomic E-state index is 0.0405. The number of carbonyl (C=O) groups is 1. The number of nitrogens with zero attached hydrogens (tertiary/aromatic N) is 3. The van der Waals surface area contributed by atoms with Gasteiger partial charge in [0.1, 0.15) is 0 Å². The summed E-state index contributed by atoms with van der Waals surface area (Å²) in [5, 5.41) is 8.31. The standard InChI is InChI=1S/C11H14ClN3O.C8H10ClN/c12-10-4-13-15(7-10)11(16)14-5-8-2-1-3-9(8)6-14;1-10-6-7-3-2-4-8(9)5-7/h4,7-9H,1-3,5-6H2;2-5,10H,6H2,1H3. The first-order valence-electron chi connectivity index (χ1n) is 8.95. The zero-order chi connectivity index (χ0) is 18.5. The fourth-order valence-electron chi connectivity index (χ4n) is 3.79. The van der Waals surface area contributed by atoms with Gasteiger partial charge < -0.3 is 10.2 Å². The lowest BCUT2D eigenvalue weighted by atomic mass is 10.0. The highest BCUT2D eigenvalue weighted by Crippen LogP contribution is 2.37. The number of hydrogen-bond acceptors (Lipinski definition) is 3. The van der Waals surface area contributed by atoms with E-state index in [0.717, 1.165) is 36.5 Å². The Morgan fingerprint density at radius 3 is 2.54 bits per heavy atom. The Bertz CT molecular complexity index is 737. The van der Waals surface area contributed by atoms with E-state index in [0.29, 0.717) is 5.02 Å². The first kappa shape index (κ1) is 19.2. The van der Waals surface area contributed by atoms with Gasteiger partial charge in [0.05, 0.1) is 17.4 Å². The van der Waals surface area contributed by atoms with Crippen LogP contribution in [0, 0.1) is 11.8 Å². The zero-order valence-corrected chi connectivity index (χ0v) is 16.4. The molecule has 1 amide bonds. The highest BCUT2D eigenvalue weighted by atomic mass is 35.5. The maximum Gasteiger partial charge on any atom is 0.344 e. The van der Waals surface area contributed by atoms with Gasteiger partial charge in [-0.1, -0.05) is 41.8 Å². The molecule has 1 N–H and O–H groups in total. The number of hydrogen-bond donors (Lipinski definition) is 1. The molecule has 1 aromatic heterocycles. The molecule has 1 aliphatic heterocycles. The summed E-state index contributed by atoms with van der Waals surface area (Å²) < 4.78 is 1.34. The van der Waals surface area contributed by atoms with E-state index in [1.165, 1.54) is 35.7 Å². The summed E-state index contributed by atoms with van der Waals surface area (Å²) in [5.74, 6) is 1.44. The van der Waals surface area contributed by atoms with E-state index < -0.39 is 0 Å². The molecule has 2 atom stereocenters. The van der Waals surface area contributed by atoms with Gasteiger partial charge in [0.2, 0.25) is 0 Å². The summed E-state index contributed by atoms with van der Waals surface area (Å²) in [5.41, 5.74) is 1.22. The largest absolute Gasteiger partial charge is 0.344 e. The highest BCUT2D eigenvalue weighted by molar-refractivity contribution is 6.30. The monoisotopic (exact) mass is 394 g/mol. The Morgan fingerprint density at radius 2 is 1.96 bits per heavy atom. The van der Waals surface area contributed by atoms with Crippen LogP contribution in [0.2, 0.25) is 10.0 Å². The topological polar surface area (TPSA) is 50.2 Å². The second-order valence-electron chi connectivity index (χ2n) is 6.90. The smallest absolute Gasteiger partial charge is 0.322 e. The molecular weight excluding hydrogens is 371 g/mol. The molecule has 2 fully saturated rings. The molecule has 140 valence electrons. The molecule has 2 aromatic rings. The van der Waals surface area contributed by atoms with E-state index >= 15 is 0 Å². The SMILES string of the molecule is CNCc1cccc(Cl)c1.O=C(N1CC2CCCC2C1)n1cc(Cl)cn1. The second-order valence-corrected chi connectivity index (χ2v) is 7.77. The third kappa shape index (κ3) is 4.78. The molecule has 1 saturated heterocycles. The lowest BCUT2D eigenvalue weighted by Gasteiger charge is -2.16. The average molecular weight is 395 g/mol. The molecule has 7 heteroatoms. The predicted octanol–water partition coefficient (Wildman–Crippen LogP) is 4.30. The van der Waals surface area contributed by atoms with Crippen molar-refractivity contribution >= 4 is 29.2 Å². The van der Waals surface area contributed by atoms with Gasteiger partial charge in [-0.3, -0.25) is 0 Å². The minimum atomic E-state index is -0.0405. The summed E-state index contributed by atoms with van der Waals surface area (Å²) in [4.78, 5) is 14.0. The number of rotatable bonds is 2. The lowest BCUT2D eigenvalue weighted by Crippen LogP contribution is -2.33. The molecule has 26 heavy (non-hydrogen) atoms. The van der Waals surface area contributed by atoms with Crippen molar-refractivity contribution in [2.75, 3.05) is 20.1 Å². The van der Waals surface area contributed by atoms with E-state index in [1.807, 2.05) is 36.2 Å². The number of carbonyl (C=O) groups excluding carboxylic acids is 1. The van der Waals surface area contributed by atoms with Crippen LogP contribution in [0.5, 0.6) is 0 Å². The van der Waals surface area contributed by atoms with E-state index in [4.69, 9.17) is 23.2 Å². The summed E-state index contributed by atoms with van der Waals surface area (Å²) in [6.45, 7) is 2.66. The molecule has 4 rings (SSSR count). The van der Waals surface area contributed by atoms with Crippen LogP contribution in [-0.2, 0) is 6.54 Å². The van der Waals surface area contributed by atoms with Crippen LogP contribution in [0.1, 0.15) is 24.8 Å². The predicted molar refractivity (Wildman–Crippen MR) is 105 cm³/mol. The molecule has 0 bridgehead atoms. The Hall–Kier alpha value is -1.56. The molecule has 2 unspecified atom stereocenters. The van der Waals surface area contributed by atoms with E-state index in [9.17, 15) is 4.79 Å². The number of nitrogens with one attached hydrogen (secondary N) is 1. The zero-order valence-electron chi connectivity index (χ0n) is 14.9. The summed E-state index contributed by atoms with van der Waals surface area (Å²) in [6.07, 6.45) is 6.93. The van der Waals surface area contributed by atoms with E-state index in [2.05, 4.69) is 10.4 Å². The molecule has 1 aliphatic carbocycles. The van der Waals surface area contributed by atoms with Crippen molar-refractivity contribution in [1.82, 2.24) is 20.0 Å². The third-order valence-corrected chi connectivity index (χ3v) is 5.44. The molecule has 1 saturated carbocycles. The van der Waals surface area contributed by atoms with E-state index in [1.54, 1.807) is 6.20 Å². The first-order chi connectivity index (χ1) is 12.6. The van der Waals surface area contributed by atoms with Crippen molar-refractivity contribution in [3.05, 3.63) is 52.3 Å². The van der Waals surface area contributed by atoms with Crippen molar-refractivity contribution in [1.29, 1.82) is 0 Å². The normalized spacial score (nSPS) is 21.3. The minimum Gasteiger partial charge on any atom is -0.322 e.